The Morgan fingerprint density at radius 1 is 1.09 bits per heavy atom. The van der Waals surface area contributed by atoms with Crippen LogP contribution in [0.1, 0.15) is 30.2 Å². The van der Waals surface area contributed by atoms with E-state index in [0.29, 0.717) is 29.3 Å². The zero-order valence-corrected chi connectivity index (χ0v) is 12.6. The summed E-state index contributed by atoms with van der Waals surface area (Å²) >= 11 is 0. The van der Waals surface area contributed by atoms with E-state index in [0.717, 1.165) is 12.0 Å². The molecule has 1 aromatic carbocycles. The molecule has 0 aliphatic heterocycles. The van der Waals surface area contributed by atoms with E-state index in [4.69, 9.17) is 4.52 Å². The van der Waals surface area contributed by atoms with Crippen LogP contribution >= 0.6 is 0 Å². The number of phenolic OH excluding ortho intramolecular Hbond substituents is 1. The first-order valence-electron chi connectivity index (χ1n) is 7.81. The van der Waals surface area contributed by atoms with Gasteiger partial charge in [0.05, 0.1) is 0 Å². The molecule has 1 saturated carbocycles. The molecule has 1 aliphatic rings. The Balaban J connectivity index is 1.56. The molecule has 0 bridgehead atoms. The summed E-state index contributed by atoms with van der Waals surface area (Å²) in [5.74, 6) is 2.57. The highest BCUT2D eigenvalue weighted by Crippen LogP contribution is 2.44. The fraction of sp³-hybridized carbons (Fsp3) is 0.278. The van der Waals surface area contributed by atoms with Crippen LogP contribution < -0.4 is 0 Å². The Morgan fingerprint density at radius 3 is 2.52 bits per heavy atom. The first-order valence-corrected chi connectivity index (χ1v) is 7.81. The summed E-state index contributed by atoms with van der Waals surface area (Å²) in [5.41, 5.74) is 2.12. The van der Waals surface area contributed by atoms with Crippen molar-refractivity contribution >= 4 is 0 Å². The van der Waals surface area contributed by atoms with Crippen LogP contribution in [0, 0.1) is 5.92 Å². The Kier molecular flexibility index (Phi) is 3.54. The minimum absolute atomic E-state index is 0.293. The second-order valence-electron chi connectivity index (χ2n) is 5.99. The lowest BCUT2D eigenvalue weighted by atomic mass is 9.91. The Morgan fingerprint density at radius 2 is 1.83 bits per heavy atom. The predicted molar refractivity (Wildman–Crippen MR) is 84.8 cm³/mol. The molecule has 23 heavy (non-hydrogen) atoms. The van der Waals surface area contributed by atoms with Gasteiger partial charge >= 0.3 is 0 Å². The van der Waals surface area contributed by atoms with Crippen molar-refractivity contribution in [3.05, 3.63) is 60.2 Å². The lowest BCUT2D eigenvalue weighted by Crippen LogP contribution is -2.05. The lowest BCUT2D eigenvalue weighted by molar-refractivity contribution is 0.363. The summed E-state index contributed by atoms with van der Waals surface area (Å²) in [6.45, 7) is 0. The van der Waals surface area contributed by atoms with Crippen molar-refractivity contribution in [3.8, 4) is 17.1 Å². The molecule has 5 nitrogen and oxygen atoms in total. The third kappa shape index (κ3) is 3.08. The van der Waals surface area contributed by atoms with Gasteiger partial charge in [-0.2, -0.15) is 4.98 Å². The maximum Gasteiger partial charge on any atom is 0.227 e. The van der Waals surface area contributed by atoms with Gasteiger partial charge in [0.2, 0.25) is 11.7 Å². The Hall–Kier alpha value is -2.69. The molecule has 4 rings (SSSR count). The van der Waals surface area contributed by atoms with Crippen molar-refractivity contribution in [1.82, 2.24) is 15.1 Å². The molecule has 116 valence electrons. The number of pyridine rings is 1. The van der Waals surface area contributed by atoms with Crippen molar-refractivity contribution < 1.29 is 9.63 Å². The first kappa shape index (κ1) is 13.9. The molecule has 1 N–H and O–H groups in total. The van der Waals surface area contributed by atoms with E-state index >= 15 is 0 Å². The largest absolute Gasteiger partial charge is 0.508 e. The summed E-state index contributed by atoms with van der Waals surface area (Å²) in [6.07, 6.45) is 6.63. The molecule has 3 aromatic rings. The molecule has 0 radical (unpaired) electrons. The number of phenols is 1. The molecular formula is C18H17N3O2. The number of hydrogen-bond acceptors (Lipinski definition) is 5. The monoisotopic (exact) mass is 307 g/mol. The van der Waals surface area contributed by atoms with E-state index in [9.17, 15) is 5.11 Å². The number of benzene rings is 1. The molecule has 2 heterocycles. The van der Waals surface area contributed by atoms with Gasteiger partial charge in [-0.3, -0.25) is 4.98 Å². The summed E-state index contributed by atoms with van der Waals surface area (Å²) in [5, 5.41) is 13.5. The van der Waals surface area contributed by atoms with Gasteiger partial charge < -0.3 is 9.63 Å². The van der Waals surface area contributed by atoms with Gasteiger partial charge in [0.15, 0.2) is 0 Å². The zero-order valence-electron chi connectivity index (χ0n) is 12.6. The van der Waals surface area contributed by atoms with Crippen LogP contribution in [0.5, 0.6) is 5.75 Å². The second-order valence-corrected chi connectivity index (χ2v) is 5.99. The highest BCUT2D eigenvalue weighted by molar-refractivity contribution is 5.52. The summed E-state index contributed by atoms with van der Waals surface area (Å²) in [6, 6.07) is 11.2. The van der Waals surface area contributed by atoms with Crippen molar-refractivity contribution in [1.29, 1.82) is 0 Å². The number of rotatable bonds is 5. The minimum Gasteiger partial charge on any atom is -0.508 e. The molecular weight excluding hydrogens is 290 g/mol. The Labute approximate surface area is 134 Å². The second kappa shape index (κ2) is 5.83. The van der Waals surface area contributed by atoms with Gasteiger partial charge in [0, 0.05) is 24.4 Å². The highest BCUT2D eigenvalue weighted by atomic mass is 16.5. The maximum atomic E-state index is 9.47. The van der Waals surface area contributed by atoms with Crippen LogP contribution in [0.15, 0.2) is 53.3 Å². The van der Waals surface area contributed by atoms with Gasteiger partial charge in [0.25, 0.3) is 0 Å². The quantitative estimate of drug-likeness (QED) is 0.780. The van der Waals surface area contributed by atoms with Crippen molar-refractivity contribution in [3.63, 3.8) is 0 Å². The minimum atomic E-state index is 0.293. The summed E-state index contributed by atoms with van der Waals surface area (Å²) < 4.78 is 5.44. The number of aromatic hydroxyl groups is 1. The Bertz CT molecular complexity index is 780. The molecule has 1 aliphatic carbocycles. The molecule has 0 saturated heterocycles. The third-order valence-corrected chi connectivity index (χ3v) is 4.31. The van der Waals surface area contributed by atoms with E-state index in [1.54, 1.807) is 24.5 Å². The average Bonchev–Trinajstić information content (AvgIpc) is 3.33. The van der Waals surface area contributed by atoms with E-state index in [2.05, 4.69) is 15.1 Å². The van der Waals surface area contributed by atoms with Gasteiger partial charge in [-0.15, -0.1) is 0 Å². The first-order chi connectivity index (χ1) is 11.3. The zero-order chi connectivity index (χ0) is 15.6. The molecule has 5 heteroatoms. The maximum absolute atomic E-state index is 9.47. The lowest BCUT2D eigenvalue weighted by Gasteiger charge is -2.14. The molecule has 2 aromatic heterocycles. The van der Waals surface area contributed by atoms with Crippen LogP contribution in [0.2, 0.25) is 0 Å². The molecule has 1 fully saturated rings. The van der Waals surface area contributed by atoms with Crippen LogP contribution in [-0.4, -0.2) is 20.2 Å². The average molecular weight is 307 g/mol. The predicted octanol–water partition coefficient (Wildman–Crippen LogP) is 3.57. The van der Waals surface area contributed by atoms with Gasteiger partial charge in [0.1, 0.15) is 5.75 Å². The smallest absolute Gasteiger partial charge is 0.227 e. The topological polar surface area (TPSA) is 72.0 Å². The molecule has 0 spiro atoms. The SMILES string of the molecule is Oc1ccc(C(Cc2nc(-c3ccncc3)no2)C2CC2)cc1. The van der Waals surface area contributed by atoms with Gasteiger partial charge in [-0.1, -0.05) is 17.3 Å². The standard InChI is InChI=1S/C18H17N3O2/c22-15-5-3-13(4-6-15)16(12-1-2-12)11-17-20-18(21-23-17)14-7-9-19-10-8-14/h3-10,12,16,22H,1-2,11H2. The summed E-state index contributed by atoms with van der Waals surface area (Å²) in [4.78, 5) is 8.52. The molecule has 1 unspecified atom stereocenters. The van der Waals surface area contributed by atoms with Crippen LogP contribution in [-0.2, 0) is 6.42 Å². The number of hydrogen-bond donors (Lipinski definition) is 1. The van der Waals surface area contributed by atoms with E-state index in [1.807, 2.05) is 24.3 Å². The van der Waals surface area contributed by atoms with E-state index < -0.39 is 0 Å². The normalized spacial score (nSPS) is 15.5. The van der Waals surface area contributed by atoms with E-state index in [1.165, 1.54) is 18.4 Å². The number of aromatic nitrogens is 3. The van der Waals surface area contributed by atoms with E-state index in [-0.39, 0.29) is 0 Å². The number of nitrogens with zero attached hydrogens (tertiary/aromatic N) is 3. The third-order valence-electron chi connectivity index (χ3n) is 4.31. The van der Waals surface area contributed by atoms with Crippen LogP contribution in [0.25, 0.3) is 11.4 Å². The highest BCUT2D eigenvalue weighted by Gasteiger charge is 2.33. The van der Waals surface area contributed by atoms with Gasteiger partial charge in [-0.25, -0.2) is 0 Å². The molecule has 0 amide bonds. The van der Waals surface area contributed by atoms with Crippen LogP contribution in [0.4, 0.5) is 0 Å². The van der Waals surface area contributed by atoms with Crippen molar-refractivity contribution in [2.75, 3.05) is 0 Å². The summed E-state index contributed by atoms with van der Waals surface area (Å²) in [7, 11) is 0. The van der Waals surface area contributed by atoms with Crippen molar-refractivity contribution in [2.24, 2.45) is 5.92 Å². The van der Waals surface area contributed by atoms with Crippen molar-refractivity contribution in [2.45, 2.75) is 25.2 Å². The molecule has 1 atom stereocenters. The van der Waals surface area contributed by atoms with Crippen LogP contribution in [0.3, 0.4) is 0 Å². The van der Waals surface area contributed by atoms with Gasteiger partial charge in [-0.05, 0) is 54.5 Å². The fourth-order valence-corrected chi connectivity index (χ4v) is 2.92. The fourth-order valence-electron chi connectivity index (χ4n) is 2.92.